The first-order valence-electron chi connectivity index (χ1n) is 17.1. The number of nitrogens with zero attached hydrogens (tertiary/aromatic N) is 5. The average Bonchev–Trinajstić information content (AvgIpc) is 3.13. The second kappa shape index (κ2) is 14.7. The van der Waals surface area contributed by atoms with Gasteiger partial charge in [0.25, 0.3) is 5.91 Å². The summed E-state index contributed by atoms with van der Waals surface area (Å²) in [6.45, 7) is 5.93. The Morgan fingerprint density at radius 1 is 0.860 bits per heavy atom. The van der Waals surface area contributed by atoms with Gasteiger partial charge in [0, 0.05) is 81.6 Å². The van der Waals surface area contributed by atoms with Gasteiger partial charge in [-0.25, -0.2) is 14.2 Å². The summed E-state index contributed by atoms with van der Waals surface area (Å²) in [5.41, 5.74) is 8.51. The minimum atomic E-state index is -0.522. The van der Waals surface area contributed by atoms with E-state index in [0.717, 1.165) is 69.2 Å². The number of urea groups is 1. The molecule has 0 unspecified atom stereocenters. The van der Waals surface area contributed by atoms with Gasteiger partial charge in [-0.3, -0.25) is 29.6 Å². The SMILES string of the molecule is NC(=O)c1ccc(N2CCC(N3CCN(Cc4ccc(N5CCC(=O)NC5=O)cc4F)CC3)CC2)nc1-c1ccc(Oc2ccccc2)cc1. The molecule has 3 aliphatic heterocycles. The van der Waals surface area contributed by atoms with Gasteiger partial charge in [0.2, 0.25) is 5.91 Å². The molecule has 12 heteroatoms. The highest BCUT2D eigenvalue weighted by Gasteiger charge is 2.29. The average molecular weight is 678 g/mol. The molecule has 7 rings (SSSR count). The Labute approximate surface area is 290 Å². The first-order chi connectivity index (χ1) is 24.3. The van der Waals surface area contributed by atoms with Crippen LogP contribution in [-0.2, 0) is 11.3 Å². The Kier molecular flexibility index (Phi) is 9.72. The van der Waals surface area contributed by atoms with Crippen LogP contribution in [0.1, 0.15) is 35.2 Å². The predicted molar refractivity (Wildman–Crippen MR) is 189 cm³/mol. The fraction of sp³-hybridized carbons (Fsp3) is 0.316. The van der Waals surface area contributed by atoms with Gasteiger partial charge >= 0.3 is 6.03 Å². The monoisotopic (exact) mass is 677 g/mol. The van der Waals surface area contributed by atoms with Crippen LogP contribution in [0.5, 0.6) is 11.5 Å². The number of pyridine rings is 1. The van der Waals surface area contributed by atoms with Crippen molar-refractivity contribution >= 4 is 29.4 Å². The maximum absolute atomic E-state index is 15.1. The molecule has 0 aliphatic carbocycles. The summed E-state index contributed by atoms with van der Waals surface area (Å²) in [7, 11) is 0. The molecule has 11 nitrogen and oxygen atoms in total. The van der Waals surface area contributed by atoms with Gasteiger partial charge in [-0.15, -0.1) is 0 Å². The number of primary amides is 1. The van der Waals surface area contributed by atoms with E-state index in [0.29, 0.717) is 40.8 Å². The molecule has 0 bridgehead atoms. The van der Waals surface area contributed by atoms with Gasteiger partial charge in [-0.1, -0.05) is 24.3 Å². The summed E-state index contributed by atoms with van der Waals surface area (Å²) in [5, 5.41) is 2.28. The zero-order valence-electron chi connectivity index (χ0n) is 27.8. The third kappa shape index (κ3) is 7.46. The topological polar surface area (TPSA) is 124 Å². The minimum absolute atomic E-state index is 0.196. The van der Waals surface area contributed by atoms with E-state index in [9.17, 15) is 14.4 Å². The summed E-state index contributed by atoms with van der Waals surface area (Å²) >= 11 is 0. The number of anilines is 2. The standard InChI is InChI=1S/C38H40FN7O4/c39-33-24-29(46-19-16-35(47)42-38(46)49)9-6-27(33)25-43-20-22-44(23-21-43)28-14-17-45(18-15-28)34-13-12-32(37(40)48)36(41-34)26-7-10-31(11-8-26)50-30-4-2-1-3-5-30/h1-13,24,28H,14-23,25H2,(H2,40,48)(H,42,47,49). The fourth-order valence-electron chi connectivity index (χ4n) is 6.98. The summed E-state index contributed by atoms with van der Waals surface area (Å²) in [6, 6.07) is 25.5. The molecular formula is C38H40FN7O4. The molecule has 3 fully saturated rings. The first-order valence-corrected chi connectivity index (χ1v) is 17.1. The highest BCUT2D eigenvalue weighted by molar-refractivity contribution is 6.05. The lowest BCUT2D eigenvalue weighted by Gasteiger charge is -2.43. The Morgan fingerprint density at radius 2 is 1.58 bits per heavy atom. The van der Waals surface area contributed by atoms with E-state index < -0.39 is 11.9 Å². The van der Waals surface area contributed by atoms with Crippen molar-refractivity contribution in [3.63, 3.8) is 0 Å². The first kappa shape index (κ1) is 33.2. The lowest BCUT2D eigenvalue weighted by atomic mass is 10.0. The number of piperazine rings is 1. The molecule has 50 heavy (non-hydrogen) atoms. The van der Waals surface area contributed by atoms with Crippen molar-refractivity contribution < 1.29 is 23.5 Å². The van der Waals surface area contributed by atoms with Crippen LogP contribution in [0.25, 0.3) is 11.3 Å². The number of hydrogen-bond acceptors (Lipinski definition) is 8. The third-order valence-electron chi connectivity index (χ3n) is 9.76. The fourth-order valence-corrected chi connectivity index (χ4v) is 6.98. The Hall–Kier alpha value is -5.33. The van der Waals surface area contributed by atoms with Crippen LogP contribution in [0.15, 0.2) is 84.9 Å². The van der Waals surface area contributed by atoms with Crippen molar-refractivity contribution in [2.24, 2.45) is 5.73 Å². The number of piperidine rings is 1. The van der Waals surface area contributed by atoms with Gasteiger partial charge < -0.3 is 15.4 Å². The predicted octanol–water partition coefficient (Wildman–Crippen LogP) is 5.01. The molecule has 4 heterocycles. The molecule has 1 aromatic heterocycles. The number of rotatable bonds is 9. The van der Waals surface area contributed by atoms with E-state index in [-0.39, 0.29) is 24.7 Å². The maximum Gasteiger partial charge on any atom is 0.328 e. The summed E-state index contributed by atoms with van der Waals surface area (Å²) in [6.07, 6.45) is 2.18. The third-order valence-corrected chi connectivity index (χ3v) is 9.76. The Balaban J connectivity index is 0.925. The number of nitrogens with one attached hydrogen (secondary N) is 1. The largest absolute Gasteiger partial charge is 0.457 e. The molecule has 4 amide bonds. The quantitative estimate of drug-likeness (QED) is 0.254. The molecule has 258 valence electrons. The van der Waals surface area contributed by atoms with E-state index in [1.54, 1.807) is 18.2 Å². The maximum atomic E-state index is 15.1. The highest BCUT2D eigenvalue weighted by Crippen LogP contribution is 2.30. The minimum Gasteiger partial charge on any atom is -0.457 e. The second-order valence-corrected chi connectivity index (χ2v) is 12.9. The summed E-state index contributed by atoms with van der Waals surface area (Å²) < 4.78 is 21.0. The van der Waals surface area contributed by atoms with Crippen molar-refractivity contribution in [3.8, 4) is 22.8 Å². The van der Waals surface area contributed by atoms with Crippen molar-refractivity contribution in [2.75, 3.05) is 55.6 Å². The molecule has 3 aromatic carbocycles. The van der Waals surface area contributed by atoms with E-state index in [1.807, 2.05) is 60.7 Å². The zero-order valence-corrected chi connectivity index (χ0v) is 27.8. The number of benzene rings is 3. The van der Waals surface area contributed by atoms with Crippen molar-refractivity contribution in [1.82, 2.24) is 20.1 Å². The number of carbonyl (C=O) groups is 3. The number of aromatic nitrogens is 1. The number of imide groups is 1. The Bertz CT molecular complexity index is 1860. The molecule has 0 atom stereocenters. The number of ether oxygens (including phenoxy) is 1. The molecule has 4 aromatic rings. The van der Waals surface area contributed by atoms with Crippen molar-refractivity contribution in [3.05, 3.63) is 102 Å². The second-order valence-electron chi connectivity index (χ2n) is 12.9. The summed E-state index contributed by atoms with van der Waals surface area (Å²) in [5.74, 6) is 1.06. The van der Waals surface area contributed by atoms with E-state index in [1.165, 1.54) is 11.0 Å². The number of para-hydroxylation sites is 1. The molecule has 0 spiro atoms. The molecule has 0 radical (unpaired) electrons. The molecule has 0 saturated carbocycles. The van der Waals surface area contributed by atoms with Crippen LogP contribution in [0.3, 0.4) is 0 Å². The molecule has 3 saturated heterocycles. The number of halogens is 1. The van der Waals surface area contributed by atoms with Gasteiger partial charge in [0.15, 0.2) is 0 Å². The lowest BCUT2D eigenvalue weighted by molar-refractivity contribution is -0.120. The molecule has 3 aliphatic rings. The Morgan fingerprint density at radius 3 is 2.26 bits per heavy atom. The van der Waals surface area contributed by atoms with Crippen LogP contribution in [0.2, 0.25) is 0 Å². The number of amides is 4. The van der Waals surface area contributed by atoms with Gasteiger partial charge in [-0.05, 0) is 73.5 Å². The van der Waals surface area contributed by atoms with Crippen molar-refractivity contribution in [1.29, 1.82) is 0 Å². The van der Waals surface area contributed by atoms with Crippen LogP contribution < -0.4 is 25.6 Å². The summed E-state index contributed by atoms with van der Waals surface area (Å²) in [4.78, 5) is 49.4. The smallest absolute Gasteiger partial charge is 0.328 e. The van der Waals surface area contributed by atoms with Crippen LogP contribution in [0, 0.1) is 5.82 Å². The van der Waals surface area contributed by atoms with E-state index in [4.69, 9.17) is 15.5 Å². The zero-order chi connectivity index (χ0) is 34.6. The van der Waals surface area contributed by atoms with Gasteiger partial charge in [0.05, 0.1) is 11.3 Å². The van der Waals surface area contributed by atoms with E-state index in [2.05, 4.69) is 20.0 Å². The van der Waals surface area contributed by atoms with Crippen LogP contribution >= 0.6 is 0 Å². The van der Waals surface area contributed by atoms with Crippen LogP contribution in [0.4, 0.5) is 20.7 Å². The number of nitrogens with two attached hydrogens (primary N) is 1. The number of carbonyl (C=O) groups excluding carboxylic acids is 3. The van der Waals surface area contributed by atoms with Crippen LogP contribution in [-0.4, -0.2) is 84.5 Å². The van der Waals surface area contributed by atoms with E-state index >= 15 is 4.39 Å². The molecule has 3 N–H and O–H groups in total. The highest BCUT2D eigenvalue weighted by atomic mass is 19.1. The van der Waals surface area contributed by atoms with Gasteiger partial charge in [-0.2, -0.15) is 0 Å². The molecular weight excluding hydrogens is 637 g/mol. The van der Waals surface area contributed by atoms with Crippen molar-refractivity contribution in [2.45, 2.75) is 31.8 Å². The van der Waals surface area contributed by atoms with Gasteiger partial charge in [0.1, 0.15) is 23.1 Å². The lowest BCUT2D eigenvalue weighted by Crippen LogP contribution is -2.53. The normalized spacial score (nSPS) is 17.9. The number of hydrogen-bond donors (Lipinski definition) is 2.